The van der Waals surface area contributed by atoms with E-state index in [4.69, 9.17) is 16.9 Å². The molecule has 1 fully saturated rings. The summed E-state index contributed by atoms with van der Waals surface area (Å²) in [5, 5.41) is 10.1. The van der Waals surface area contributed by atoms with Crippen molar-refractivity contribution in [1.29, 1.82) is 5.41 Å². The summed E-state index contributed by atoms with van der Waals surface area (Å²) in [6.45, 7) is 1.33. The van der Waals surface area contributed by atoms with E-state index in [0.717, 1.165) is 24.1 Å². The molecule has 2 amide bonds. The van der Waals surface area contributed by atoms with Crippen LogP contribution in [-0.4, -0.2) is 41.2 Å². The maximum atomic E-state index is 12.7. The Labute approximate surface area is 170 Å². The third-order valence-electron chi connectivity index (χ3n) is 5.17. The number of hydrogen-bond donors (Lipinski definition) is 4. The average Bonchev–Trinajstić information content (AvgIpc) is 3.17. The van der Waals surface area contributed by atoms with Gasteiger partial charge in [-0.25, -0.2) is 0 Å². The van der Waals surface area contributed by atoms with Crippen LogP contribution in [0.3, 0.4) is 0 Å². The molecule has 0 aromatic heterocycles. The molecule has 1 saturated heterocycles. The summed E-state index contributed by atoms with van der Waals surface area (Å²) in [5.74, 6) is -0.747. The lowest BCUT2D eigenvalue weighted by atomic mass is 10.1. The first-order chi connectivity index (χ1) is 13.9. The second-order valence-electron chi connectivity index (χ2n) is 7.39. The molecule has 0 unspecified atom stereocenters. The van der Waals surface area contributed by atoms with Crippen molar-refractivity contribution in [3.05, 3.63) is 71.3 Å². The molecule has 0 bridgehead atoms. The fourth-order valence-corrected chi connectivity index (χ4v) is 3.64. The zero-order valence-corrected chi connectivity index (χ0v) is 16.3. The van der Waals surface area contributed by atoms with Gasteiger partial charge in [0.2, 0.25) is 11.8 Å². The number of nitrogens with one attached hydrogen (secondary N) is 2. The quantitative estimate of drug-likeness (QED) is 0.415. The molecule has 2 aromatic carbocycles. The van der Waals surface area contributed by atoms with Gasteiger partial charge in [-0.05, 0) is 43.0 Å². The number of hydrogen-bond acceptors (Lipinski definition) is 5. The molecule has 1 aliphatic heterocycles. The van der Waals surface area contributed by atoms with Crippen molar-refractivity contribution in [2.75, 3.05) is 6.54 Å². The van der Waals surface area contributed by atoms with Crippen molar-refractivity contribution in [3.63, 3.8) is 0 Å². The largest absolute Gasteiger partial charge is 0.384 e. The molecular formula is C22H27N5O2. The Morgan fingerprint density at radius 1 is 1.14 bits per heavy atom. The Bertz CT molecular complexity index is 884. The van der Waals surface area contributed by atoms with E-state index in [1.165, 1.54) is 0 Å². The topological polar surface area (TPSA) is 125 Å². The summed E-state index contributed by atoms with van der Waals surface area (Å²) in [6.07, 6.45) is 1.96. The van der Waals surface area contributed by atoms with Gasteiger partial charge in [0.25, 0.3) is 0 Å². The number of imide groups is 1. The molecule has 3 rings (SSSR count). The van der Waals surface area contributed by atoms with Crippen molar-refractivity contribution >= 4 is 17.6 Å². The molecule has 1 aliphatic rings. The van der Waals surface area contributed by atoms with E-state index in [1.54, 1.807) is 6.07 Å². The van der Waals surface area contributed by atoms with E-state index in [9.17, 15) is 9.59 Å². The first-order valence-corrected chi connectivity index (χ1v) is 9.75. The Kier molecular flexibility index (Phi) is 6.74. The zero-order chi connectivity index (χ0) is 20.8. The lowest BCUT2D eigenvalue weighted by Gasteiger charge is -2.24. The molecule has 7 nitrogen and oxygen atoms in total. The van der Waals surface area contributed by atoms with Crippen LogP contribution >= 0.6 is 0 Å². The smallest absolute Gasteiger partial charge is 0.243 e. The van der Waals surface area contributed by atoms with Crippen LogP contribution in [0.1, 0.15) is 29.5 Å². The number of rotatable bonds is 7. The summed E-state index contributed by atoms with van der Waals surface area (Å²) < 4.78 is 0. The summed E-state index contributed by atoms with van der Waals surface area (Å²) >= 11 is 0. The lowest BCUT2D eigenvalue weighted by molar-refractivity contribution is -0.133. The summed E-state index contributed by atoms with van der Waals surface area (Å²) in [4.78, 5) is 27.1. The molecule has 2 atom stereocenters. The van der Waals surface area contributed by atoms with Crippen LogP contribution in [0, 0.1) is 5.41 Å². The van der Waals surface area contributed by atoms with Crippen LogP contribution in [0.4, 0.5) is 0 Å². The zero-order valence-electron chi connectivity index (χ0n) is 16.3. The highest BCUT2D eigenvalue weighted by atomic mass is 16.2. The van der Waals surface area contributed by atoms with Gasteiger partial charge in [0, 0.05) is 12.1 Å². The van der Waals surface area contributed by atoms with Crippen molar-refractivity contribution in [2.24, 2.45) is 11.5 Å². The molecule has 7 heteroatoms. The second-order valence-corrected chi connectivity index (χ2v) is 7.39. The number of carbonyl (C=O) groups is 2. The first-order valence-electron chi connectivity index (χ1n) is 9.75. The number of amides is 2. The molecule has 0 aliphatic carbocycles. The molecule has 152 valence electrons. The van der Waals surface area contributed by atoms with E-state index in [0.29, 0.717) is 24.9 Å². The second kappa shape index (κ2) is 9.45. The van der Waals surface area contributed by atoms with E-state index in [-0.39, 0.29) is 17.8 Å². The summed E-state index contributed by atoms with van der Waals surface area (Å²) in [6, 6.07) is 15.8. The van der Waals surface area contributed by atoms with Crippen molar-refractivity contribution < 1.29 is 9.59 Å². The molecule has 0 saturated carbocycles. The molecule has 0 radical (unpaired) electrons. The third-order valence-corrected chi connectivity index (χ3v) is 5.17. The molecule has 29 heavy (non-hydrogen) atoms. The monoisotopic (exact) mass is 393 g/mol. The Morgan fingerprint density at radius 2 is 1.86 bits per heavy atom. The normalized spacial score (nSPS) is 17.6. The maximum absolute atomic E-state index is 12.7. The van der Waals surface area contributed by atoms with Crippen LogP contribution in [0.15, 0.2) is 54.6 Å². The van der Waals surface area contributed by atoms with Gasteiger partial charge in [0.1, 0.15) is 5.84 Å². The minimum Gasteiger partial charge on any atom is -0.384 e. The van der Waals surface area contributed by atoms with Crippen molar-refractivity contribution in [2.45, 2.75) is 37.9 Å². The van der Waals surface area contributed by atoms with Gasteiger partial charge >= 0.3 is 0 Å². The first kappa shape index (κ1) is 20.7. The van der Waals surface area contributed by atoms with Crippen LogP contribution < -0.4 is 16.8 Å². The number of likely N-dealkylation sites (tertiary alicyclic amines) is 1. The molecule has 0 spiro atoms. The predicted octanol–water partition coefficient (Wildman–Crippen LogP) is 1.15. The van der Waals surface area contributed by atoms with Gasteiger partial charge in [-0.1, -0.05) is 48.5 Å². The lowest BCUT2D eigenvalue weighted by Crippen LogP contribution is -2.50. The number of nitrogens with zero attached hydrogens (tertiary/aromatic N) is 1. The van der Waals surface area contributed by atoms with Gasteiger partial charge in [-0.15, -0.1) is 0 Å². The Hall–Kier alpha value is -3.03. The van der Waals surface area contributed by atoms with Crippen LogP contribution in [-0.2, 0) is 22.6 Å². The average molecular weight is 393 g/mol. The number of carbonyl (C=O) groups excluding carboxylic acids is 2. The predicted molar refractivity (Wildman–Crippen MR) is 112 cm³/mol. The van der Waals surface area contributed by atoms with Gasteiger partial charge in [-0.3, -0.25) is 25.2 Å². The number of nitrogens with two attached hydrogens (primary N) is 2. The van der Waals surface area contributed by atoms with Gasteiger partial charge in [0.05, 0.1) is 12.1 Å². The Balaban J connectivity index is 1.58. The highest BCUT2D eigenvalue weighted by Crippen LogP contribution is 2.21. The molecule has 6 N–H and O–H groups in total. The highest BCUT2D eigenvalue weighted by molar-refractivity contribution is 6.00. The van der Waals surface area contributed by atoms with Crippen LogP contribution in [0.25, 0.3) is 0 Å². The fraction of sp³-hybridized carbons (Fsp3) is 0.318. The van der Waals surface area contributed by atoms with E-state index in [1.807, 2.05) is 53.4 Å². The molecular weight excluding hydrogens is 366 g/mol. The van der Waals surface area contributed by atoms with E-state index >= 15 is 0 Å². The summed E-state index contributed by atoms with van der Waals surface area (Å²) in [7, 11) is 0. The maximum Gasteiger partial charge on any atom is 0.243 e. The standard InChI is InChI=1S/C22H27N5O2/c23-18(13-15-6-2-1-3-7-15)21(28)26-22(29)19-10-5-11-27(19)14-16-8-4-9-17(12-16)20(24)25/h1-4,6-9,12,18-19H,5,10-11,13-14,23H2,(H3,24,25)(H,26,28,29)/t18-,19+/m1/s1. The highest BCUT2D eigenvalue weighted by Gasteiger charge is 2.32. The number of benzene rings is 2. The van der Waals surface area contributed by atoms with E-state index in [2.05, 4.69) is 5.32 Å². The van der Waals surface area contributed by atoms with E-state index < -0.39 is 11.9 Å². The van der Waals surface area contributed by atoms with Crippen molar-refractivity contribution in [3.8, 4) is 0 Å². The molecule has 1 heterocycles. The summed E-state index contributed by atoms with van der Waals surface area (Å²) in [5.41, 5.74) is 14.1. The van der Waals surface area contributed by atoms with Crippen LogP contribution in [0.2, 0.25) is 0 Å². The number of nitrogen functional groups attached to an aromatic ring is 1. The van der Waals surface area contributed by atoms with Gasteiger partial charge < -0.3 is 11.5 Å². The minimum atomic E-state index is -0.775. The third kappa shape index (κ3) is 5.49. The van der Waals surface area contributed by atoms with Crippen LogP contribution in [0.5, 0.6) is 0 Å². The molecule has 2 aromatic rings. The number of amidine groups is 1. The SMILES string of the molecule is N=C(N)c1cccc(CN2CCC[C@H]2C(=O)NC(=O)[C@H](N)Cc2ccccc2)c1. The minimum absolute atomic E-state index is 0.0144. The fourth-order valence-electron chi connectivity index (χ4n) is 3.64. The van der Waals surface area contributed by atoms with Gasteiger partial charge in [-0.2, -0.15) is 0 Å². The van der Waals surface area contributed by atoms with Crippen molar-refractivity contribution in [1.82, 2.24) is 10.2 Å². The Morgan fingerprint density at radius 3 is 2.59 bits per heavy atom. The van der Waals surface area contributed by atoms with Gasteiger partial charge in [0.15, 0.2) is 0 Å².